The standard InChI is InChI=1S/C21H24FN5O/c1-15(17-8-4-3-5-9-17)26(14-21(23)28)12-18-13-27(25-24-18)16(2)19-10-6-7-11-20(19)22/h3-11,13,15-16H,12,14H2,1-2H3,(H2,23,28)/t15-,16?/m1/s1. The van der Waals surface area contributed by atoms with Crippen LogP contribution in [0.5, 0.6) is 0 Å². The lowest BCUT2D eigenvalue weighted by atomic mass is 10.1. The molecule has 0 bridgehead atoms. The summed E-state index contributed by atoms with van der Waals surface area (Å²) in [5, 5.41) is 8.37. The molecule has 2 aromatic carbocycles. The molecular weight excluding hydrogens is 357 g/mol. The van der Waals surface area contributed by atoms with Gasteiger partial charge < -0.3 is 5.73 Å². The molecule has 0 saturated heterocycles. The Hall–Kier alpha value is -3.06. The molecular formula is C21H24FN5O. The largest absolute Gasteiger partial charge is 0.369 e. The van der Waals surface area contributed by atoms with Crippen LogP contribution in [-0.4, -0.2) is 32.3 Å². The Kier molecular flexibility index (Phi) is 6.16. The van der Waals surface area contributed by atoms with Crippen LogP contribution in [0.15, 0.2) is 60.8 Å². The number of carbonyl (C=O) groups is 1. The van der Waals surface area contributed by atoms with Crippen LogP contribution in [0.1, 0.15) is 42.8 Å². The van der Waals surface area contributed by atoms with Crippen LogP contribution in [0, 0.1) is 5.82 Å². The second kappa shape index (κ2) is 8.75. The molecule has 28 heavy (non-hydrogen) atoms. The zero-order valence-corrected chi connectivity index (χ0v) is 16.0. The second-order valence-corrected chi connectivity index (χ2v) is 6.85. The molecule has 0 aliphatic heterocycles. The third-order valence-corrected chi connectivity index (χ3v) is 4.86. The van der Waals surface area contributed by atoms with E-state index < -0.39 is 5.91 Å². The van der Waals surface area contributed by atoms with E-state index in [0.717, 1.165) is 5.56 Å². The van der Waals surface area contributed by atoms with Crippen LogP contribution >= 0.6 is 0 Å². The zero-order chi connectivity index (χ0) is 20.1. The molecule has 0 aliphatic carbocycles. The number of primary amides is 1. The van der Waals surface area contributed by atoms with Gasteiger partial charge in [0.2, 0.25) is 5.91 Å². The fraction of sp³-hybridized carbons (Fsp3) is 0.286. The van der Waals surface area contributed by atoms with Crippen molar-refractivity contribution >= 4 is 5.91 Å². The molecule has 1 unspecified atom stereocenters. The molecule has 6 nitrogen and oxygen atoms in total. The Morgan fingerprint density at radius 2 is 1.82 bits per heavy atom. The molecule has 1 heterocycles. The van der Waals surface area contributed by atoms with Crippen molar-refractivity contribution in [2.45, 2.75) is 32.5 Å². The van der Waals surface area contributed by atoms with Crippen molar-refractivity contribution in [3.8, 4) is 0 Å². The zero-order valence-electron chi connectivity index (χ0n) is 16.0. The minimum atomic E-state index is -0.408. The molecule has 1 amide bonds. The predicted molar refractivity (Wildman–Crippen MR) is 105 cm³/mol. The van der Waals surface area contributed by atoms with Crippen molar-refractivity contribution in [3.63, 3.8) is 0 Å². The lowest BCUT2D eigenvalue weighted by Gasteiger charge is -2.27. The number of hydrogen-bond acceptors (Lipinski definition) is 4. The smallest absolute Gasteiger partial charge is 0.231 e. The van der Waals surface area contributed by atoms with Gasteiger partial charge >= 0.3 is 0 Å². The number of nitrogens with zero attached hydrogens (tertiary/aromatic N) is 4. The van der Waals surface area contributed by atoms with Gasteiger partial charge in [-0.2, -0.15) is 0 Å². The van der Waals surface area contributed by atoms with E-state index in [9.17, 15) is 9.18 Å². The summed E-state index contributed by atoms with van der Waals surface area (Å²) in [6.45, 7) is 4.39. The Morgan fingerprint density at radius 1 is 1.14 bits per heavy atom. The molecule has 3 rings (SSSR count). The summed E-state index contributed by atoms with van der Waals surface area (Å²) in [4.78, 5) is 13.5. The van der Waals surface area contributed by atoms with E-state index in [1.165, 1.54) is 6.07 Å². The molecule has 146 valence electrons. The minimum Gasteiger partial charge on any atom is -0.369 e. The van der Waals surface area contributed by atoms with E-state index in [0.29, 0.717) is 17.8 Å². The third kappa shape index (κ3) is 4.61. The highest BCUT2D eigenvalue weighted by atomic mass is 19.1. The van der Waals surface area contributed by atoms with Gasteiger partial charge in [-0.1, -0.05) is 53.7 Å². The molecule has 0 saturated carbocycles. The van der Waals surface area contributed by atoms with Gasteiger partial charge in [0, 0.05) is 18.2 Å². The van der Waals surface area contributed by atoms with E-state index >= 15 is 0 Å². The first kappa shape index (κ1) is 19.7. The molecule has 1 aromatic heterocycles. The van der Waals surface area contributed by atoms with Crippen molar-refractivity contribution < 1.29 is 9.18 Å². The van der Waals surface area contributed by atoms with E-state index in [-0.39, 0.29) is 24.4 Å². The molecule has 0 spiro atoms. The first-order chi connectivity index (χ1) is 13.5. The summed E-state index contributed by atoms with van der Waals surface area (Å²) < 4.78 is 15.7. The van der Waals surface area contributed by atoms with Gasteiger partial charge in [0.05, 0.1) is 24.5 Å². The van der Waals surface area contributed by atoms with E-state index in [4.69, 9.17) is 5.73 Å². The Morgan fingerprint density at radius 3 is 2.50 bits per heavy atom. The average Bonchev–Trinajstić information content (AvgIpc) is 3.16. The monoisotopic (exact) mass is 381 g/mol. The molecule has 0 radical (unpaired) electrons. The number of nitrogens with two attached hydrogens (primary N) is 1. The van der Waals surface area contributed by atoms with Gasteiger partial charge in [-0.15, -0.1) is 5.10 Å². The van der Waals surface area contributed by atoms with Crippen molar-refractivity contribution in [2.24, 2.45) is 5.73 Å². The highest BCUT2D eigenvalue weighted by Crippen LogP contribution is 2.23. The quantitative estimate of drug-likeness (QED) is 0.651. The van der Waals surface area contributed by atoms with Crippen molar-refractivity contribution in [2.75, 3.05) is 6.54 Å². The van der Waals surface area contributed by atoms with Gasteiger partial charge in [-0.3, -0.25) is 9.69 Å². The van der Waals surface area contributed by atoms with Crippen LogP contribution in [0.2, 0.25) is 0 Å². The summed E-state index contributed by atoms with van der Waals surface area (Å²) in [7, 11) is 0. The van der Waals surface area contributed by atoms with Gasteiger partial charge in [-0.05, 0) is 25.5 Å². The minimum absolute atomic E-state index is 0.0251. The van der Waals surface area contributed by atoms with Crippen molar-refractivity contribution in [3.05, 3.63) is 83.4 Å². The van der Waals surface area contributed by atoms with E-state index in [2.05, 4.69) is 10.3 Å². The van der Waals surface area contributed by atoms with Gasteiger partial charge in [0.1, 0.15) is 5.82 Å². The molecule has 3 aromatic rings. The van der Waals surface area contributed by atoms with Crippen LogP contribution < -0.4 is 5.73 Å². The molecule has 0 aliphatic rings. The topological polar surface area (TPSA) is 77.0 Å². The number of rotatable bonds is 8. The lowest BCUT2D eigenvalue weighted by molar-refractivity contribution is -0.119. The summed E-state index contributed by atoms with van der Waals surface area (Å²) in [6.07, 6.45) is 1.78. The lowest BCUT2D eigenvalue weighted by Crippen LogP contribution is -2.35. The maximum Gasteiger partial charge on any atom is 0.231 e. The van der Waals surface area contributed by atoms with Gasteiger partial charge in [0.15, 0.2) is 0 Å². The van der Waals surface area contributed by atoms with Crippen LogP contribution in [0.3, 0.4) is 0 Å². The van der Waals surface area contributed by atoms with Crippen molar-refractivity contribution in [1.82, 2.24) is 19.9 Å². The Labute approximate surface area is 163 Å². The fourth-order valence-electron chi connectivity index (χ4n) is 3.21. The molecule has 2 N–H and O–H groups in total. The number of halogens is 1. The van der Waals surface area contributed by atoms with E-state index in [1.54, 1.807) is 29.1 Å². The SMILES string of the molecule is CC(c1ccccc1F)n1cc(CN(CC(N)=O)[C@H](C)c2ccccc2)nn1. The highest BCUT2D eigenvalue weighted by Gasteiger charge is 2.20. The predicted octanol–water partition coefficient (Wildman–Crippen LogP) is 3.08. The van der Waals surface area contributed by atoms with Crippen LogP contribution in [0.25, 0.3) is 0 Å². The van der Waals surface area contributed by atoms with Crippen molar-refractivity contribution in [1.29, 1.82) is 0 Å². The van der Waals surface area contributed by atoms with Gasteiger partial charge in [0.25, 0.3) is 0 Å². The first-order valence-electron chi connectivity index (χ1n) is 9.18. The Bertz CT molecular complexity index is 927. The normalized spacial score (nSPS) is 13.4. The maximum absolute atomic E-state index is 14.1. The molecule has 0 fully saturated rings. The fourth-order valence-corrected chi connectivity index (χ4v) is 3.21. The van der Waals surface area contributed by atoms with Crippen LogP contribution in [-0.2, 0) is 11.3 Å². The first-order valence-corrected chi connectivity index (χ1v) is 9.18. The number of hydrogen-bond donors (Lipinski definition) is 1. The number of benzene rings is 2. The van der Waals surface area contributed by atoms with E-state index in [1.807, 2.05) is 49.1 Å². The summed E-state index contributed by atoms with van der Waals surface area (Å²) in [5.41, 5.74) is 7.76. The number of aromatic nitrogens is 3. The number of carbonyl (C=O) groups excluding carboxylic acids is 1. The summed E-state index contributed by atoms with van der Waals surface area (Å²) in [5.74, 6) is -0.685. The Balaban J connectivity index is 1.79. The molecule has 2 atom stereocenters. The highest BCUT2D eigenvalue weighted by molar-refractivity contribution is 5.76. The number of amides is 1. The summed E-state index contributed by atoms with van der Waals surface area (Å²) in [6, 6.07) is 16.2. The maximum atomic E-state index is 14.1. The molecule has 7 heteroatoms. The third-order valence-electron chi connectivity index (χ3n) is 4.86. The second-order valence-electron chi connectivity index (χ2n) is 6.85. The van der Waals surface area contributed by atoms with Crippen LogP contribution in [0.4, 0.5) is 4.39 Å². The average molecular weight is 381 g/mol. The summed E-state index contributed by atoms with van der Waals surface area (Å²) >= 11 is 0. The van der Waals surface area contributed by atoms with Gasteiger partial charge in [-0.25, -0.2) is 9.07 Å².